The van der Waals surface area contributed by atoms with E-state index in [1.165, 1.54) is 30.3 Å². The number of aromatic hydroxyl groups is 2. The highest BCUT2D eigenvalue weighted by molar-refractivity contribution is 5.83. The van der Waals surface area contributed by atoms with Crippen LogP contribution in [0.25, 0.3) is 0 Å². The summed E-state index contributed by atoms with van der Waals surface area (Å²) in [6.45, 7) is 0.102. The zero-order valence-electron chi connectivity index (χ0n) is 13.0. The van der Waals surface area contributed by atoms with E-state index in [0.29, 0.717) is 11.1 Å². The predicted octanol–water partition coefficient (Wildman–Crippen LogP) is 2.16. The maximum atomic E-state index is 13.4. The quantitative estimate of drug-likeness (QED) is 0.790. The number of rotatable bonds is 5. The minimum absolute atomic E-state index is 0.0523. The number of carbonyl (C=O) groups is 1. The Bertz CT molecular complexity index is 704. The first-order valence-corrected chi connectivity index (χ1v) is 7.09. The van der Waals surface area contributed by atoms with Gasteiger partial charge in [0.05, 0.1) is 0 Å². The monoisotopic (exact) mass is 318 g/mol. The molecule has 1 amide bonds. The van der Waals surface area contributed by atoms with E-state index >= 15 is 0 Å². The molecule has 2 aromatic carbocycles. The lowest BCUT2D eigenvalue weighted by atomic mass is 10.0. The maximum absolute atomic E-state index is 13.4. The molecule has 1 atom stereocenters. The molecule has 6 heteroatoms. The zero-order chi connectivity index (χ0) is 17.0. The molecule has 5 nitrogen and oxygen atoms in total. The van der Waals surface area contributed by atoms with Crippen molar-refractivity contribution in [1.82, 2.24) is 10.2 Å². The number of hydrogen-bond donors (Lipinski definition) is 3. The third kappa shape index (κ3) is 4.20. The van der Waals surface area contributed by atoms with Crippen molar-refractivity contribution in [3.05, 3.63) is 59.4 Å². The number of carbonyl (C=O) groups excluding carboxylic acids is 1. The normalized spacial score (nSPS) is 12.2. The van der Waals surface area contributed by atoms with E-state index in [9.17, 15) is 19.4 Å². The van der Waals surface area contributed by atoms with Crippen LogP contribution in [0.4, 0.5) is 4.39 Å². The number of nitrogens with zero attached hydrogens (tertiary/aromatic N) is 1. The SMILES string of the molecule is CN(C)[C@H](C(=O)NCc1ccc(O)cc1O)c1cccc(F)c1. The first-order chi connectivity index (χ1) is 10.9. The Hall–Kier alpha value is -2.60. The van der Waals surface area contributed by atoms with E-state index in [-0.39, 0.29) is 24.0 Å². The minimum atomic E-state index is -0.648. The van der Waals surface area contributed by atoms with Gasteiger partial charge >= 0.3 is 0 Å². The van der Waals surface area contributed by atoms with Gasteiger partial charge in [0.1, 0.15) is 23.4 Å². The molecule has 0 aromatic heterocycles. The summed E-state index contributed by atoms with van der Waals surface area (Å²) in [5.41, 5.74) is 1.02. The second-order valence-electron chi connectivity index (χ2n) is 5.45. The van der Waals surface area contributed by atoms with Crippen LogP contribution in [0.5, 0.6) is 11.5 Å². The summed E-state index contributed by atoms with van der Waals surface area (Å²) in [7, 11) is 3.46. The molecule has 0 bridgehead atoms. The third-order valence-electron chi connectivity index (χ3n) is 3.45. The largest absolute Gasteiger partial charge is 0.508 e. The molecule has 0 spiro atoms. The second kappa shape index (κ2) is 7.11. The highest BCUT2D eigenvalue weighted by Gasteiger charge is 2.23. The molecule has 0 fully saturated rings. The van der Waals surface area contributed by atoms with Gasteiger partial charge in [-0.2, -0.15) is 0 Å². The predicted molar refractivity (Wildman–Crippen MR) is 84.4 cm³/mol. The summed E-state index contributed by atoms with van der Waals surface area (Å²) in [5, 5.41) is 21.7. The highest BCUT2D eigenvalue weighted by atomic mass is 19.1. The lowest BCUT2D eigenvalue weighted by Gasteiger charge is -2.24. The number of nitrogens with one attached hydrogen (secondary N) is 1. The van der Waals surface area contributed by atoms with Crippen molar-refractivity contribution in [3.8, 4) is 11.5 Å². The highest BCUT2D eigenvalue weighted by Crippen LogP contribution is 2.23. The van der Waals surface area contributed by atoms with Gasteiger partial charge in [-0.25, -0.2) is 4.39 Å². The van der Waals surface area contributed by atoms with E-state index in [2.05, 4.69) is 5.32 Å². The molecule has 122 valence electrons. The fourth-order valence-corrected chi connectivity index (χ4v) is 2.34. The van der Waals surface area contributed by atoms with Crippen LogP contribution in [0.2, 0.25) is 0 Å². The van der Waals surface area contributed by atoms with Gasteiger partial charge in [-0.3, -0.25) is 9.69 Å². The van der Waals surface area contributed by atoms with Gasteiger partial charge in [0.2, 0.25) is 5.91 Å². The fourth-order valence-electron chi connectivity index (χ4n) is 2.34. The van der Waals surface area contributed by atoms with Gasteiger partial charge in [0.15, 0.2) is 0 Å². The third-order valence-corrected chi connectivity index (χ3v) is 3.45. The van der Waals surface area contributed by atoms with Crippen molar-refractivity contribution in [2.24, 2.45) is 0 Å². The van der Waals surface area contributed by atoms with Crippen LogP contribution in [0.3, 0.4) is 0 Å². The van der Waals surface area contributed by atoms with E-state index in [0.717, 1.165) is 0 Å². The van der Waals surface area contributed by atoms with Crippen molar-refractivity contribution in [1.29, 1.82) is 0 Å². The number of phenolic OH excluding ortho intramolecular Hbond substituents is 2. The summed E-state index contributed by atoms with van der Waals surface area (Å²) in [6.07, 6.45) is 0. The Kier molecular flexibility index (Phi) is 5.18. The molecule has 0 saturated heterocycles. The standard InChI is InChI=1S/C17H19FN2O3/c1-20(2)16(11-4-3-5-13(18)8-11)17(23)19-10-12-6-7-14(21)9-15(12)22/h3-9,16,21-22H,10H2,1-2H3,(H,19,23)/t16-/m0/s1. The Morgan fingerprint density at radius 3 is 2.57 bits per heavy atom. The zero-order valence-corrected chi connectivity index (χ0v) is 13.0. The number of benzene rings is 2. The molecular formula is C17H19FN2O3. The molecule has 3 N–H and O–H groups in total. The molecule has 0 radical (unpaired) electrons. The summed E-state index contributed by atoms with van der Waals surface area (Å²) < 4.78 is 13.4. The van der Waals surface area contributed by atoms with Gasteiger partial charge in [0.25, 0.3) is 0 Å². The van der Waals surface area contributed by atoms with Crippen LogP contribution >= 0.6 is 0 Å². The van der Waals surface area contributed by atoms with Crippen LogP contribution in [-0.4, -0.2) is 35.1 Å². The molecular weight excluding hydrogens is 299 g/mol. The van der Waals surface area contributed by atoms with Gasteiger partial charge < -0.3 is 15.5 Å². The van der Waals surface area contributed by atoms with Gasteiger partial charge in [0, 0.05) is 18.2 Å². The number of halogens is 1. The van der Waals surface area contributed by atoms with Crippen LogP contribution in [0, 0.1) is 5.82 Å². The number of likely N-dealkylation sites (N-methyl/N-ethyl adjacent to an activating group) is 1. The van der Waals surface area contributed by atoms with E-state index in [1.54, 1.807) is 31.1 Å². The summed E-state index contributed by atoms with van der Waals surface area (Å²) >= 11 is 0. The Labute approximate surface area is 134 Å². The first-order valence-electron chi connectivity index (χ1n) is 7.09. The Balaban J connectivity index is 2.13. The fraction of sp³-hybridized carbons (Fsp3) is 0.235. The van der Waals surface area contributed by atoms with Crippen LogP contribution in [-0.2, 0) is 11.3 Å². The lowest BCUT2D eigenvalue weighted by Crippen LogP contribution is -2.36. The first kappa shape index (κ1) is 16.8. The van der Waals surface area contributed by atoms with Crippen LogP contribution in [0.1, 0.15) is 17.2 Å². The average molecular weight is 318 g/mol. The maximum Gasteiger partial charge on any atom is 0.242 e. The minimum Gasteiger partial charge on any atom is -0.508 e. The number of phenols is 2. The topological polar surface area (TPSA) is 72.8 Å². The molecule has 0 unspecified atom stereocenters. The van der Waals surface area contributed by atoms with Crippen molar-refractivity contribution >= 4 is 5.91 Å². The Morgan fingerprint density at radius 1 is 1.22 bits per heavy atom. The smallest absolute Gasteiger partial charge is 0.242 e. The molecule has 0 aliphatic rings. The molecule has 23 heavy (non-hydrogen) atoms. The summed E-state index contributed by atoms with van der Waals surface area (Å²) in [4.78, 5) is 14.1. The molecule has 0 heterocycles. The van der Waals surface area contributed by atoms with Crippen molar-refractivity contribution < 1.29 is 19.4 Å². The summed E-state index contributed by atoms with van der Waals surface area (Å²) in [6, 6.07) is 9.40. The molecule has 2 aromatic rings. The van der Waals surface area contributed by atoms with Gasteiger partial charge in [-0.05, 0) is 43.9 Å². The van der Waals surface area contributed by atoms with E-state index in [4.69, 9.17) is 0 Å². The van der Waals surface area contributed by atoms with Gasteiger partial charge in [-0.15, -0.1) is 0 Å². The van der Waals surface area contributed by atoms with Crippen molar-refractivity contribution in [3.63, 3.8) is 0 Å². The van der Waals surface area contributed by atoms with Gasteiger partial charge in [-0.1, -0.05) is 12.1 Å². The van der Waals surface area contributed by atoms with Crippen molar-refractivity contribution in [2.75, 3.05) is 14.1 Å². The summed E-state index contributed by atoms with van der Waals surface area (Å²) in [5.74, 6) is -0.868. The van der Waals surface area contributed by atoms with E-state index in [1.807, 2.05) is 0 Å². The lowest BCUT2D eigenvalue weighted by molar-refractivity contribution is -0.125. The van der Waals surface area contributed by atoms with Crippen molar-refractivity contribution in [2.45, 2.75) is 12.6 Å². The van der Waals surface area contributed by atoms with Crippen LogP contribution < -0.4 is 5.32 Å². The second-order valence-corrected chi connectivity index (χ2v) is 5.45. The molecule has 0 saturated carbocycles. The van der Waals surface area contributed by atoms with Crippen LogP contribution in [0.15, 0.2) is 42.5 Å². The number of amides is 1. The average Bonchev–Trinajstić information content (AvgIpc) is 2.46. The number of hydrogen-bond acceptors (Lipinski definition) is 4. The van der Waals surface area contributed by atoms with E-state index < -0.39 is 11.9 Å². The molecule has 2 rings (SSSR count). The Morgan fingerprint density at radius 2 is 1.96 bits per heavy atom. The molecule has 0 aliphatic heterocycles. The molecule has 0 aliphatic carbocycles.